The van der Waals surface area contributed by atoms with Crippen LogP contribution in [0.3, 0.4) is 0 Å². The molecule has 0 saturated heterocycles. The number of nitrogen functional groups attached to an aromatic ring is 1. The van der Waals surface area contributed by atoms with Crippen LogP contribution in [-0.4, -0.2) is 14.9 Å². The molecular weight excluding hydrogens is 276 g/mol. The summed E-state index contributed by atoms with van der Waals surface area (Å²) < 4.78 is 5.43. The maximum atomic E-state index is 12.1. The van der Waals surface area contributed by atoms with E-state index in [1.165, 1.54) is 12.1 Å². The van der Waals surface area contributed by atoms with E-state index in [0.29, 0.717) is 16.9 Å². The third kappa shape index (κ3) is 2.02. The van der Waals surface area contributed by atoms with Crippen LogP contribution in [0, 0.1) is 17.0 Å². The van der Waals surface area contributed by atoms with Crippen LogP contribution in [0.1, 0.15) is 5.76 Å². The van der Waals surface area contributed by atoms with Gasteiger partial charge in [0.2, 0.25) is 11.7 Å². The smallest absolute Gasteiger partial charge is 0.270 e. The Morgan fingerprint density at radius 2 is 2.19 bits per heavy atom. The van der Waals surface area contributed by atoms with Gasteiger partial charge in [0.15, 0.2) is 0 Å². The molecule has 0 unspecified atom stereocenters. The third-order valence-electron chi connectivity index (χ3n) is 3.10. The molecule has 0 fully saturated rings. The second-order valence-electron chi connectivity index (χ2n) is 4.47. The summed E-state index contributed by atoms with van der Waals surface area (Å²) in [5.74, 6) is 0.390. The maximum Gasteiger partial charge on any atom is 0.270 e. The van der Waals surface area contributed by atoms with Crippen molar-refractivity contribution < 1.29 is 9.34 Å². The van der Waals surface area contributed by atoms with Crippen LogP contribution in [0.15, 0.2) is 33.5 Å². The Morgan fingerprint density at radius 1 is 1.43 bits per heavy atom. The van der Waals surface area contributed by atoms with Gasteiger partial charge in [-0.25, -0.2) is 0 Å². The number of nitro groups is 1. The summed E-state index contributed by atoms with van der Waals surface area (Å²) in [7, 11) is 0. The number of aromatic amines is 1. The Balaban J connectivity index is 2.35. The highest BCUT2D eigenvalue weighted by Gasteiger charge is 2.19. The lowest BCUT2D eigenvalue weighted by Gasteiger charge is -2.00. The number of H-pyrrole nitrogens is 1. The van der Waals surface area contributed by atoms with Crippen molar-refractivity contribution in [1.29, 1.82) is 0 Å². The number of furan rings is 1. The number of benzene rings is 1. The molecule has 8 nitrogen and oxygen atoms in total. The Morgan fingerprint density at radius 3 is 2.90 bits per heavy atom. The molecule has 106 valence electrons. The van der Waals surface area contributed by atoms with Gasteiger partial charge in [-0.3, -0.25) is 19.9 Å². The predicted octanol–water partition coefficient (Wildman–Crippen LogP) is 1.98. The molecule has 0 aliphatic heterocycles. The molecule has 21 heavy (non-hydrogen) atoms. The molecule has 8 heteroatoms. The number of fused-ring (bicyclic) bond motifs is 1. The van der Waals surface area contributed by atoms with Gasteiger partial charge in [-0.15, -0.1) is 0 Å². The number of rotatable bonds is 2. The lowest BCUT2D eigenvalue weighted by Crippen LogP contribution is -2.10. The highest BCUT2D eigenvalue weighted by atomic mass is 16.6. The molecule has 0 aliphatic carbocycles. The van der Waals surface area contributed by atoms with Gasteiger partial charge < -0.3 is 10.2 Å². The SMILES string of the molecule is Cc1oc2nc(N)[nH]c(=O)c2c1-c1cccc([N+](=O)[O-])c1. The van der Waals surface area contributed by atoms with Crippen molar-refractivity contribution in [2.45, 2.75) is 6.92 Å². The molecule has 0 amide bonds. The first-order valence-corrected chi connectivity index (χ1v) is 6.01. The monoisotopic (exact) mass is 286 g/mol. The van der Waals surface area contributed by atoms with Crippen LogP contribution in [0.4, 0.5) is 11.6 Å². The van der Waals surface area contributed by atoms with Crippen molar-refractivity contribution in [2.24, 2.45) is 0 Å². The Bertz CT molecular complexity index is 926. The van der Waals surface area contributed by atoms with Crippen LogP contribution in [0.2, 0.25) is 0 Å². The van der Waals surface area contributed by atoms with Gasteiger partial charge in [-0.2, -0.15) is 4.98 Å². The molecule has 0 spiro atoms. The first kappa shape index (κ1) is 12.9. The summed E-state index contributed by atoms with van der Waals surface area (Å²) >= 11 is 0. The summed E-state index contributed by atoms with van der Waals surface area (Å²) in [4.78, 5) is 28.7. The molecule has 3 N–H and O–H groups in total. The normalized spacial score (nSPS) is 10.9. The van der Waals surface area contributed by atoms with E-state index in [4.69, 9.17) is 10.2 Å². The van der Waals surface area contributed by atoms with Gasteiger partial charge in [0.25, 0.3) is 11.2 Å². The van der Waals surface area contributed by atoms with Gasteiger partial charge in [0.1, 0.15) is 11.1 Å². The van der Waals surface area contributed by atoms with E-state index in [2.05, 4.69) is 9.97 Å². The first-order valence-electron chi connectivity index (χ1n) is 6.01. The highest BCUT2D eigenvalue weighted by Crippen LogP contribution is 2.33. The topological polar surface area (TPSA) is 128 Å². The number of aryl methyl sites for hydroxylation is 1. The van der Waals surface area contributed by atoms with E-state index in [1.54, 1.807) is 19.1 Å². The van der Waals surface area contributed by atoms with Crippen LogP contribution >= 0.6 is 0 Å². The lowest BCUT2D eigenvalue weighted by atomic mass is 10.0. The van der Waals surface area contributed by atoms with Gasteiger partial charge in [-0.1, -0.05) is 12.1 Å². The summed E-state index contributed by atoms with van der Waals surface area (Å²) in [6, 6.07) is 5.97. The zero-order valence-corrected chi connectivity index (χ0v) is 10.9. The number of non-ortho nitro benzene ring substituents is 1. The summed E-state index contributed by atoms with van der Waals surface area (Å²) in [5.41, 5.74) is 6.05. The molecule has 0 radical (unpaired) electrons. The molecule has 0 atom stereocenters. The largest absolute Gasteiger partial charge is 0.442 e. The van der Waals surface area contributed by atoms with Crippen molar-refractivity contribution in [3.63, 3.8) is 0 Å². The van der Waals surface area contributed by atoms with E-state index in [-0.39, 0.29) is 22.7 Å². The van der Waals surface area contributed by atoms with E-state index in [0.717, 1.165) is 0 Å². The lowest BCUT2D eigenvalue weighted by molar-refractivity contribution is -0.384. The molecule has 0 saturated carbocycles. The van der Waals surface area contributed by atoms with Crippen LogP contribution < -0.4 is 11.3 Å². The quantitative estimate of drug-likeness (QED) is 0.547. The number of nitro benzene ring substituents is 1. The van der Waals surface area contributed by atoms with Crippen molar-refractivity contribution >= 4 is 22.7 Å². The predicted molar refractivity (Wildman–Crippen MR) is 75.9 cm³/mol. The minimum Gasteiger partial charge on any atom is -0.442 e. The van der Waals surface area contributed by atoms with E-state index in [1.807, 2.05) is 0 Å². The standard InChI is InChI=1S/C13H10N4O4/c1-6-9(7-3-2-4-8(5-7)17(19)20)10-11(18)15-13(14)16-12(10)21-6/h2-5H,1H3,(H3,14,15,16,18). The van der Waals surface area contributed by atoms with Crippen molar-refractivity contribution in [1.82, 2.24) is 9.97 Å². The number of nitrogens with zero attached hydrogens (tertiary/aromatic N) is 2. The molecule has 1 aromatic carbocycles. The first-order chi connectivity index (χ1) is 9.97. The zero-order valence-electron chi connectivity index (χ0n) is 10.9. The number of aromatic nitrogens is 2. The molecule has 0 aliphatic rings. The van der Waals surface area contributed by atoms with E-state index >= 15 is 0 Å². The molecule has 3 rings (SSSR count). The number of anilines is 1. The van der Waals surface area contributed by atoms with Gasteiger partial charge in [0, 0.05) is 17.7 Å². The fourth-order valence-electron chi connectivity index (χ4n) is 2.26. The molecular formula is C13H10N4O4. The van der Waals surface area contributed by atoms with E-state index < -0.39 is 10.5 Å². The van der Waals surface area contributed by atoms with Gasteiger partial charge >= 0.3 is 0 Å². The number of nitrogens with one attached hydrogen (secondary N) is 1. The molecule has 3 aromatic rings. The van der Waals surface area contributed by atoms with Crippen molar-refractivity contribution in [3.8, 4) is 11.1 Å². The molecule has 2 aromatic heterocycles. The zero-order chi connectivity index (χ0) is 15.1. The van der Waals surface area contributed by atoms with E-state index in [9.17, 15) is 14.9 Å². The number of hydrogen-bond donors (Lipinski definition) is 2. The Hall–Kier alpha value is -3.16. The Labute approximate surface area is 117 Å². The summed E-state index contributed by atoms with van der Waals surface area (Å²) in [5, 5.41) is 11.1. The molecule has 0 bridgehead atoms. The van der Waals surface area contributed by atoms with Crippen LogP contribution in [0.5, 0.6) is 0 Å². The number of hydrogen-bond acceptors (Lipinski definition) is 6. The summed E-state index contributed by atoms with van der Waals surface area (Å²) in [6.07, 6.45) is 0. The Kier molecular flexibility index (Phi) is 2.72. The second-order valence-corrected chi connectivity index (χ2v) is 4.47. The third-order valence-corrected chi connectivity index (χ3v) is 3.10. The summed E-state index contributed by atoms with van der Waals surface area (Å²) in [6.45, 7) is 1.66. The maximum absolute atomic E-state index is 12.1. The van der Waals surface area contributed by atoms with Gasteiger partial charge in [0.05, 0.1) is 4.92 Å². The molecule has 2 heterocycles. The fourth-order valence-corrected chi connectivity index (χ4v) is 2.26. The minimum atomic E-state index is -0.498. The van der Waals surface area contributed by atoms with Crippen LogP contribution in [-0.2, 0) is 0 Å². The second kappa shape index (κ2) is 4.44. The number of nitrogens with two attached hydrogens (primary N) is 1. The fraction of sp³-hybridized carbons (Fsp3) is 0.0769. The average molecular weight is 286 g/mol. The van der Waals surface area contributed by atoms with Crippen molar-refractivity contribution in [3.05, 3.63) is 50.5 Å². The van der Waals surface area contributed by atoms with Crippen molar-refractivity contribution in [2.75, 3.05) is 5.73 Å². The minimum absolute atomic E-state index is 0.0492. The van der Waals surface area contributed by atoms with Gasteiger partial charge in [-0.05, 0) is 12.5 Å². The highest BCUT2D eigenvalue weighted by molar-refractivity contribution is 5.94. The average Bonchev–Trinajstić information content (AvgIpc) is 2.75. The van der Waals surface area contributed by atoms with Crippen LogP contribution in [0.25, 0.3) is 22.2 Å².